The lowest BCUT2D eigenvalue weighted by molar-refractivity contribution is -0.145. The fourth-order valence-electron chi connectivity index (χ4n) is 8.83. The zero-order valence-electron chi connectivity index (χ0n) is 30.6. The number of aromatic nitrogens is 4. The van der Waals surface area contributed by atoms with Gasteiger partial charge in [-0.2, -0.15) is 0 Å². The number of halogens is 1. The van der Waals surface area contributed by atoms with E-state index in [0.29, 0.717) is 43.5 Å². The average Bonchev–Trinajstić information content (AvgIpc) is 3.67. The number of likely N-dealkylation sites (tertiary alicyclic amines) is 2. The lowest BCUT2D eigenvalue weighted by Gasteiger charge is -2.48. The topological polar surface area (TPSA) is 120 Å². The first-order valence-corrected chi connectivity index (χ1v) is 18.9. The SMILES string of the molecule is CC(C)n1cnc2cc(-c3ccc4c(c3)N([C@H]3C[C@@H](N5CCCCC5)C3)C(=O)C43CCN(C(=O)C(C)(C)CO)CC3)nc(Nc3ccncc3F)c21. The molecule has 1 aliphatic carbocycles. The molecular weight excluding hydrogens is 659 g/mol. The summed E-state index contributed by atoms with van der Waals surface area (Å²) in [6, 6.07) is 10.5. The normalized spacial score (nSPS) is 21.9. The number of hydrogen-bond donors (Lipinski definition) is 2. The van der Waals surface area contributed by atoms with Crippen molar-refractivity contribution in [2.75, 3.05) is 43.0 Å². The molecule has 2 amide bonds. The molecule has 2 N–H and O–H groups in total. The van der Waals surface area contributed by atoms with Crippen LogP contribution in [0, 0.1) is 11.2 Å². The highest BCUT2D eigenvalue weighted by Crippen LogP contribution is 2.52. The fourth-order valence-corrected chi connectivity index (χ4v) is 8.83. The van der Waals surface area contributed by atoms with Gasteiger partial charge in [0.1, 0.15) is 5.52 Å². The largest absolute Gasteiger partial charge is 0.395 e. The number of amides is 2. The number of pyridine rings is 2. The summed E-state index contributed by atoms with van der Waals surface area (Å²) < 4.78 is 16.9. The van der Waals surface area contributed by atoms with Gasteiger partial charge in [0.15, 0.2) is 11.6 Å². The highest BCUT2D eigenvalue weighted by atomic mass is 19.1. The quantitative estimate of drug-likeness (QED) is 0.222. The van der Waals surface area contributed by atoms with Crippen LogP contribution in [0.25, 0.3) is 22.3 Å². The Labute approximate surface area is 304 Å². The van der Waals surface area contributed by atoms with Crippen LogP contribution in [0.2, 0.25) is 0 Å². The summed E-state index contributed by atoms with van der Waals surface area (Å²) in [4.78, 5) is 48.4. The summed E-state index contributed by atoms with van der Waals surface area (Å²) >= 11 is 0. The molecule has 0 bridgehead atoms. The monoisotopic (exact) mass is 708 g/mol. The lowest BCUT2D eigenvalue weighted by atomic mass is 9.73. The van der Waals surface area contributed by atoms with Crippen LogP contribution in [0.1, 0.15) is 84.2 Å². The molecule has 3 fully saturated rings. The molecule has 12 heteroatoms. The number of aliphatic hydroxyl groups is 1. The zero-order chi connectivity index (χ0) is 36.4. The van der Waals surface area contributed by atoms with Crippen molar-refractivity contribution < 1.29 is 19.1 Å². The van der Waals surface area contributed by atoms with Crippen LogP contribution in [-0.2, 0) is 15.0 Å². The van der Waals surface area contributed by atoms with Crippen LogP contribution in [0.4, 0.5) is 21.6 Å². The third-order valence-electron chi connectivity index (χ3n) is 12.1. The molecule has 4 aliphatic rings. The van der Waals surface area contributed by atoms with Gasteiger partial charge in [0.05, 0.1) is 46.9 Å². The molecule has 8 rings (SSSR count). The summed E-state index contributed by atoms with van der Waals surface area (Å²) in [5, 5.41) is 13.1. The number of fused-ring (bicyclic) bond motifs is 3. The van der Waals surface area contributed by atoms with Crippen molar-refractivity contribution >= 4 is 40.0 Å². The highest BCUT2D eigenvalue weighted by molar-refractivity contribution is 6.09. The van der Waals surface area contributed by atoms with Crippen LogP contribution in [0.5, 0.6) is 0 Å². The Morgan fingerprint density at radius 2 is 1.81 bits per heavy atom. The second-order valence-electron chi connectivity index (χ2n) is 16.1. The Hall–Kier alpha value is -4.42. The molecule has 0 radical (unpaired) electrons. The van der Waals surface area contributed by atoms with Gasteiger partial charge in [0.2, 0.25) is 11.8 Å². The molecule has 2 saturated heterocycles. The van der Waals surface area contributed by atoms with Crippen molar-refractivity contribution in [1.82, 2.24) is 29.3 Å². The number of rotatable bonds is 8. The first-order valence-electron chi connectivity index (χ1n) is 18.9. The van der Waals surface area contributed by atoms with E-state index in [1.807, 2.05) is 21.6 Å². The molecule has 1 saturated carbocycles. The van der Waals surface area contributed by atoms with Gasteiger partial charge in [-0.3, -0.25) is 14.6 Å². The Balaban J connectivity index is 1.17. The van der Waals surface area contributed by atoms with Crippen molar-refractivity contribution in [3.63, 3.8) is 0 Å². The Bertz CT molecular complexity index is 2010. The maximum Gasteiger partial charge on any atom is 0.238 e. The number of nitrogens with zero attached hydrogens (tertiary/aromatic N) is 7. The first kappa shape index (κ1) is 34.7. The van der Waals surface area contributed by atoms with E-state index in [2.05, 4.69) is 46.1 Å². The van der Waals surface area contributed by atoms with Crippen molar-refractivity contribution in [2.24, 2.45) is 5.41 Å². The predicted molar refractivity (Wildman–Crippen MR) is 199 cm³/mol. The first-order chi connectivity index (χ1) is 25.0. The number of benzene rings is 1. The molecule has 1 spiro atoms. The Morgan fingerprint density at radius 3 is 2.50 bits per heavy atom. The van der Waals surface area contributed by atoms with E-state index in [0.717, 1.165) is 53.8 Å². The van der Waals surface area contributed by atoms with Crippen LogP contribution < -0.4 is 10.2 Å². The highest BCUT2D eigenvalue weighted by Gasteiger charge is 2.56. The van der Waals surface area contributed by atoms with Gasteiger partial charge in [0, 0.05) is 48.7 Å². The minimum atomic E-state index is -0.867. The molecule has 11 nitrogen and oxygen atoms in total. The van der Waals surface area contributed by atoms with E-state index in [1.165, 1.54) is 25.5 Å². The third kappa shape index (κ3) is 5.74. The van der Waals surface area contributed by atoms with E-state index in [4.69, 9.17) is 9.97 Å². The second kappa shape index (κ2) is 13.2. The van der Waals surface area contributed by atoms with E-state index in [9.17, 15) is 19.1 Å². The molecule has 4 aromatic rings. The van der Waals surface area contributed by atoms with Gasteiger partial charge in [-0.25, -0.2) is 14.4 Å². The summed E-state index contributed by atoms with van der Waals surface area (Å²) in [7, 11) is 0. The number of carbonyl (C=O) groups excluding carboxylic acids is 2. The fraction of sp³-hybridized carbons (Fsp3) is 0.525. The molecule has 274 valence electrons. The van der Waals surface area contributed by atoms with Crippen LogP contribution in [0.15, 0.2) is 49.1 Å². The summed E-state index contributed by atoms with van der Waals surface area (Å²) in [6.07, 6.45) is 11.2. The number of carbonyl (C=O) groups is 2. The maximum absolute atomic E-state index is 14.9. The Kier molecular flexibility index (Phi) is 8.81. The summed E-state index contributed by atoms with van der Waals surface area (Å²) in [5.41, 5.74) is 3.63. The van der Waals surface area contributed by atoms with Gasteiger partial charge in [-0.1, -0.05) is 18.6 Å². The van der Waals surface area contributed by atoms with E-state index >= 15 is 0 Å². The van der Waals surface area contributed by atoms with Crippen molar-refractivity contribution in [3.8, 4) is 11.3 Å². The zero-order valence-corrected chi connectivity index (χ0v) is 30.6. The van der Waals surface area contributed by atoms with Crippen LogP contribution >= 0.6 is 0 Å². The van der Waals surface area contributed by atoms with E-state index in [1.54, 1.807) is 32.4 Å². The number of nitrogens with one attached hydrogen (secondary N) is 1. The lowest BCUT2D eigenvalue weighted by Crippen LogP contribution is -2.58. The summed E-state index contributed by atoms with van der Waals surface area (Å²) in [6.45, 7) is 10.6. The van der Waals surface area contributed by atoms with E-state index in [-0.39, 0.29) is 36.2 Å². The minimum absolute atomic E-state index is 0.0801. The van der Waals surface area contributed by atoms with Crippen LogP contribution in [0.3, 0.4) is 0 Å². The molecule has 6 heterocycles. The third-order valence-corrected chi connectivity index (χ3v) is 12.1. The van der Waals surface area contributed by atoms with Gasteiger partial charge in [0.25, 0.3) is 0 Å². The van der Waals surface area contributed by atoms with E-state index < -0.39 is 16.6 Å². The molecule has 0 unspecified atom stereocenters. The number of piperidine rings is 2. The van der Waals surface area contributed by atoms with Crippen molar-refractivity contribution in [1.29, 1.82) is 0 Å². The molecule has 0 atom stereocenters. The van der Waals surface area contributed by atoms with Gasteiger partial charge < -0.3 is 29.7 Å². The average molecular weight is 709 g/mol. The number of aliphatic hydroxyl groups excluding tert-OH is 1. The maximum atomic E-state index is 14.9. The standard InChI is InChI=1S/C40H49FN8O3/c1-25(2)48-24-43-33-21-32(45-36(35(33)48)44-31-10-13-42-22-30(31)41)26-8-9-29-34(18-26)49(28-19-27(20-28)46-14-6-5-7-15-46)38(52)40(29)11-16-47(17-12-40)37(51)39(3,4)23-50/h8-10,13,18,21-22,24-25,27-28,50H,5-7,11-12,14-17,19-20,23H2,1-4H3,(H,42,44,45)/t27-,28+. The van der Waals surface area contributed by atoms with Crippen molar-refractivity contribution in [3.05, 3.63) is 60.4 Å². The van der Waals surface area contributed by atoms with Gasteiger partial charge in [-0.15, -0.1) is 0 Å². The smallest absolute Gasteiger partial charge is 0.238 e. The second-order valence-corrected chi connectivity index (χ2v) is 16.1. The predicted octanol–water partition coefficient (Wildman–Crippen LogP) is 6.20. The minimum Gasteiger partial charge on any atom is -0.395 e. The van der Waals surface area contributed by atoms with Crippen LogP contribution in [-0.4, -0.2) is 91.1 Å². The number of anilines is 3. The molecule has 1 aromatic carbocycles. The van der Waals surface area contributed by atoms with Crippen molar-refractivity contribution in [2.45, 2.75) is 96.2 Å². The molecule has 3 aliphatic heterocycles. The molecule has 52 heavy (non-hydrogen) atoms. The van der Waals surface area contributed by atoms with Gasteiger partial charge in [-0.05, 0) is 103 Å². The Morgan fingerprint density at radius 1 is 1.06 bits per heavy atom. The summed E-state index contributed by atoms with van der Waals surface area (Å²) in [5.74, 6) is 0.0554. The molecule has 3 aromatic heterocycles. The van der Waals surface area contributed by atoms with Gasteiger partial charge >= 0.3 is 0 Å². The molecular formula is C40H49FN8O3. The number of hydrogen-bond acceptors (Lipinski definition) is 8. The number of imidazole rings is 1.